The Morgan fingerprint density at radius 1 is 1.40 bits per heavy atom. The van der Waals surface area contributed by atoms with E-state index in [1.165, 1.54) is 19.3 Å². The van der Waals surface area contributed by atoms with Crippen molar-refractivity contribution in [3.8, 4) is 5.75 Å². The first kappa shape index (κ1) is 10.5. The van der Waals surface area contributed by atoms with Gasteiger partial charge in [0.05, 0.1) is 12.7 Å². The minimum atomic E-state index is -0.456. The van der Waals surface area contributed by atoms with E-state index in [4.69, 9.17) is 4.74 Å². The fraction of sp³-hybridized carbons (Fsp3) is 0.538. The van der Waals surface area contributed by atoms with Crippen LogP contribution in [0.3, 0.4) is 0 Å². The Hall–Kier alpha value is -1.02. The highest BCUT2D eigenvalue weighted by Gasteiger charge is 2.18. The van der Waals surface area contributed by atoms with Gasteiger partial charge >= 0.3 is 0 Å². The van der Waals surface area contributed by atoms with Crippen molar-refractivity contribution in [1.29, 1.82) is 0 Å². The maximum atomic E-state index is 9.56. The van der Waals surface area contributed by atoms with Crippen LogP contribution in [0.2, 0.25) is 0 Å². The van der Waals surface area contributed by atoms with E-state index in [0.29, 0.717) is 0 Å². The number of hydrogen-bond acceptors (Lipinski definition) is 2. The summed E-state index contributed by atoms with van der Waals surface area (Å²) in [7, 11) is 0. The SMILES string of the molecule is C[C@@H](O)c1ccccc1OCC1CCC1. The topological polar surface area (TPSA) is 29.5 Å². The zero-order chi connectivity index (χ0) is 10.7. The van der Waals surface area contributed by atoms with Gasteiger partial charge in [0.1, 0.15) is 5.75 Å². The maximum absolute atomic E-state index is 9.56. The molecule has 2 rings (SSSR count). The zero-order valence-corrected chi connectivity index (χ0v) is 9.15. The third-order valence-electron chi connectivity index (χ3n) is 3.07. The van der Waals surface area contributed by atoms with E-state index < -0.39 is 6.10 Å². The summed E-state index contributed by atoms with van der Waals surface area (Å²) in [6.07, 6.45) is 3.46. The van der Waals surface area contributed by atoms with Gasteiger partial charge in [0.2, 0.25) is 0 Å². The third kappa shape index (κ3) is 2.51. The molecule has 0 heterocycles. The van der Waals surface area contributed by atoms with E-state index in [0.717, 1.165) is 23.8 Å². The molecule has 0 bridgehead atoms. The van der Waals surface area contributed by atoms with Gasteiger partial charge in [-0.2, -0.15) is 0 Å². The van der Waals surface area contributed by atoms with Crippen molar-refractivity contribution in [1.82, 2.24) is 0 Å². The van der Waals surface area contributed by atoms with Crippen molar-refractivity contribution in [2.24, 2.45) is 5.92 Å². The van der Waals surface area contributed by atoms with Crippen molar-refractivity contribution in [2.75, 3.05) is 6.61 Å². The average Bonchev–Trinajstić information content (AvgIpc) is 2.16. The number of benzene rings is 1. The normalized spacial score (nSPS) is 18.3. The van der Waals surface area contributed by atoms with Crippen LogP contribution in [-0.4, -0.2) is 11.7 Å². The summed E-state index contributed by atoms with van der Waals surface area (Å²) in [5.41, 5.74) is 0.886. The van der Waals surface area contributed by atoms with Crippen LogP contribution in [0.25, 0.3) is 0 Å². The molecule has 1 atom stereocenters. The van der Waals surface area contributed by atoms with Crippen LogP contribution >= 0.6 is 0 Å². The number of aliphatic hydroxyl groups excluding tert-OH is 1. The van der Waals surface area contributed by atoms with Crippen molar-refractivity contribution >= 4 is 0 Å². The summed E-state index contributed by atoms with van der Waals surface area (Å²) in [5, 5.41) is 9.56. The standard InChI is InChI=1S/C13H18O2/c1-10(14)12-7-2-3-8-13(12)15-9-11-5-4-6-11/h2-3,7-8,10-11,14H,4-6,9H2,1H3/t10-/m1/s1. The minimum absolute atomic E-state index is 0.456. The van der Waals surface area contributed by atoms with E-state index in [9.17, 15) is 5.11 Å². The monoisotopic (exact) mass is 206 g/mol. The lowest BCUT2D eigenvalue weighted by molar-refractivity contribution is 0.164. The van der Waals surface area contributed by atoms with Crippen LogP contribution < -0.4 is 4.74 Å². The van der Waals surface area contributed by atoms with Crippen molar-refractivity contribution in [2.45, 2.75) is 32.3 Å². The van der Waals surface area contributed by atoms with Crippen molar-refractivity contribution in [3.05, 3.63) is 29.8 Å². The van der Waals surface area contributed by atoms with Crippen LogP contribution in [0.5, 0.6) is 5.75 Å². The molecule has 1 aliphatic rings. The molecular formula is C13H18O2. The lowest BCUT2D eigenvalue weighted by atomic mass is 9.86. The molecule has 15 heavy (non-hydrogen) atoms. The Morgan fingerprint density at radius 3 is 2.73 bits per heavy atom. The van der Waals surface area contributed by atoms with Gasteiger partial charge < -0.3 is 9.84 Å². The predicted octanol–water partition coefficient (Wildman–Crippen LogP) is 2.92. The van der Waals surface area contributed by atoms with Gasteiger partial charge in [0.25, 0.3) is 0 Å². The second kappa shape index (κ2) is 4.67. The second-order valence-corrected chi connectivity index (χ2v) is 4.32. The van der Waals surface area contributed by atoms with Gasteiger partial charge in [-0.1, -0.05) is 24.6 Å². The summed E-state index contributed by atoms with van der Waals surface area (Å²) in [5.74, 6) is 1.56. The number of ether oxygens (including phenoxy) is 1. The first-order valence-electron chi connectivity index (χ1n) is 5.67. The minimum Gasteiger partial charge on any atom is -0.493 e. The third-order valence-corrected chi connectivity index (χ3v) is 3.07. The molecular weight excluding hydrogens is 188 g/mol. The van der Waals surface area contributed by atoms with Crippen LogP contribution in [0.1, 0.15) is 37.9 Å². The van der Waals surface area contributed by atoms with Crippen LogP contribution in [0.4, 0.5) is 0 Å². The maximum Gasteiger partial charge on any atom is 0.125 e. The van der Waals surface area contributed by atoms with Crippen LogP contribution in [0, 0.1) is 5.92 Å². The molecule has 82 valence electrons. The molecule has 0 aromatic heterocycles. The largest absolute Gasteiger partial charge is 0.493 e. The number of para-hydroxylation sites is 1. The molecule has 0 aliphatic heterocycles. The van der Waals surface area contributed by atoms with Gasteiger partial charge in [-0.3, -0.25) is 0 Å². The van der Waals surface area contributed by atoms with Crippen molar-refractivity contribution in [3.63, 3.8) is 0 Å². The summed E-state index contributed by atoms with van der Waals surface area (Å²) in [6.45, 7) is 2.56. The lowest BCUT2D eigenvalue weighted by Gasteiger charge is -2.25. The molecule has 1 N–H and O–H groups in total. The smallest absolute Gasteiger partial charge is 0.125 e. The summed E-state index contributed by atoms with van der Waals surface area (Å²) in [4.78, 5) is 0. The molecule has 0 radical (unpaired) electrons. The van der Waals surface area contributed by atoms with Gasteiger partial charge in [0, 0.05) is 5.56 Å². The fourth-order valence-corrected chi connectivity index (χ4v) is 1.82. The van der Waals surface area contributed by atoms with Crippen LogP contribution in [-0.2, 0) is 0 Å². The highest BCUT2D eigenvalue weighted by atomic mass is 16.5. The van der Waals surface area contributed by atoms with Crippen LogP contribution in [0.15, 0.2) is 24.3 Å². The molecule has 0 amide bonds. The Balaban J connectivity index is 1.99. The first-order chi connectivity index (χ1) is 7.27. The van der Waals surface area contributed by atoms with Gasteiger partial charge in [0.15, 0.2) is 0 Å². The molecule has 2 heteroatoms. The number of rotatable bonds is 4. The molecule has 0 spiro atoms. The van der Waals surface area contributed by atoms with E-state index in [2.05, 4.69) is 0 Å². The molecule has 1 aromatic rings. The van der Waals surface area contributed by atoms with Crippen molar-refractivity contribution < 1.29 is 9.84 Å². The predicted molar refractivity (Wildman–Crippen MR) is 59.9 cm³/mol. The van der Waals surface area contributed by atoms with E-state index in [1.54, 1.807) is 6.92 Å². The highest BCUT2D eigenvalue weighted by Crippen LogP contribution is 2.29. The quantitative estimate of drug-likeness (QED) is 0.820. The van der Waals surface area contributed by atoms with E-state index in [-0.39, 0.29) is 0 Å². The zero-order valence-electron chi connectivity index (χ0n) is 9.15. The summed E-state index contributed by atoms with van der Waals surface area (Å²) < 4.78 is 5.74. The average molecular weight is 206 g/mol. The molecule has 0 saturated heterocycles. The summed E-state index contributed by atoms with van der Waals surface area (Å²) in [6, 6.07) is 7.72. The summed E-state index contributed by atoms with van der Waals surface area (Å²) >= 11 is 0. The Kier molecular flexibility index (Phi) is 3.27. The molecule has 0 unspecified atom stereocenters. The Morgan fingerprint density at radius 2 is 2.13 bits per heavy atom. The van der Waals surface area contributed by atoms with Gasteiger partial charge in [-0.25, -0.2) is 0 Å². The van der Waals surface area contributed by atoms with E-state index >= 15 is 0 Å². The van der Waals surface area contributed by atoms with Gasteiger partial charge in [-0.15, -0.1) is 0 Å². The Labute approximate surface area is 90.9 Å². The molecule has 1 saturated carbocycles. The second-order valence-electron chi connectivity index (χ2n) is 4.32. The number of hydrogen-bond donors (Lipinski definition) is 1. The number of aliphatic hydroxyl groups is 1. The highest BCUT2D eigenvalue weighted by molar-refractivity contribution is 5.34. The first-order valence-corrected chi connectivity index (χ1v) is 5.67. The molecule has 1 fully saturated rings. The molecule has 1 aliphatic carbocycles. The fourth-order valence-electron chi connectivity index (χ4n) is 1.82. The van der Waals surface area contributed by atoms with E-state index in [1.807, 2.05) is 24.3 Å². The molecule has 1 aromatic carbocycles. The Bertz CT molecular complexity index is 316. The lowest BCUT2D eigenvalue weighted by Crippen LogP contribution is -2.19. The molecule has 2 nitrogen and oxygen atoms in total. The van der Waals surface area contributed by atoms with Gasteiger partial charge in [-0.05, 0) is 31.7 Å².